The van der Waals surface area contributed by atoms with Gasteiger partial charge in [-0.15, -0.1) is 0 Å². The number of furan rings is 2. The fourth-order valence-corrected chi connectivity index (χ4v) is 8.33. The third-order valence-corrected chi connectivity index (χ3v) is 10.8. The second kappa shape index (κ2) is 12.2. The molecule has 2 nitrogen and oxygen atoms in total. The van der Waals surface area contributed by atoms with Crippen LogP contribution in [0.2, 0.25) is 0 Å². The van der Waals surface area contributed by atoms with Crippen LogP contribution in [0.15, 0.2) is 203 Å². The molecule has 0 atom stereocenters. The van der Waals surface area contributed by atoms with E-state index in [4.69, 9.17) is 8.83 Å². The Morgan fingerprint density at radius 2 is 0.722 bits per heavy atom. The molecule has 0 amide bonds. The molecule has 2 heterocycles. The largest absolute Gasteiger partial charge is 0.456 e. The summed E-state index contributed by atoms with van der Waals surface area (Å²) in [6.45, 7) is 0. The normalized spacial score (nSPS) is 11.7. The minimum Gasteiger partial charge on any atom is -0.456 e. The van der Waals surface area contributed by atoms with Gasteiger partial charge in [0, 0.05) is 21.9 Å². The predicted molar refractivity (Wildman–Crippen MR) is 226 cm³/mol. The molecule has 0 spiro atoms. The summed E-state index contributed by atoms with van der Waals surface area (Å²) >= 11 is 0. The van der Waals surface area contributed by atoms with Crippen molar-refractivity contribution in [3.05, 3.63) is 194 Å². The summed E-state index contributed by atoms with van der Waals surface area (Å²) in [5, 5.41) is 9.52. The van der Waals surface area contributed by atoms with Crippen molar-refractivity contribution in [3.63, 3.8) is 0 Å². The minimum atomic E-state index is 0.835. The Morgan fingerprint density at radius 1 is 0.259 bits per heavy atom. The molecular weight excluding hydrogens is 657 g/mol. The second-order valence-electron chi connectivity index (χ2n) is 14.0. The highest BCUT2D eigenvalue weighted by Gasteiger charge is 2.20. The molecule has 11 rings (SSSR count). The van der Waals surface area contributed by atoms with Crippen LogP contribution in [0.3, 0.4) is 0 Å². The van der Waals surface area contributed by atoms with E-state index in [1.165, 1.54) is 60.1 Å². The molecule has 0 N–H and O–H groups in total. The lowest BCUT2D eigenvalue weighted by Crippen LogP contribution is -1.92. The van der Waals surface area contributed by atoms with Gasteiger partial charge in [-0.3, -0.25) is 0 Å². The van der Waals surface area contributed by atoms with Crippen LogP contribution in [0.25, 0.3) is 110 Å². The maximum Gasteiger partial charge on any atom is 0.135 e. The molecule has 2 heteroatoms. The van der Waals surface area contributed by atoms with E-state index >= 15 is 0 Å². The fraction of sp³-hybridized carbons (Fsp3) is 0. The van der Waals surface area contributed by atoms with Gasteiger partial charge in [0.1, 0.15) is 22.7 Å². The first-order valence-electron chi connectivity index (χ1n) is 18.4. The van der Waals surface area contributed by atoms with E-state index in [1.807, 2.05) is 24.3 Å². The van der Waals surface area contributed by atoms with E-state index in [-0.39, 0.29) is 0 Å². The van der Waals surface area contributed by atoms with Crippen LogP contribution < -0.4 is 0 Å². The van der Waals surface area contributed by atoms with Crippen molar-refractivity contribution < 1.29 is 8.83 Å². The van der Waals surface area contributed by atoms with Gasteiger partial charge in [0.05, 0.1) is 0 Å². The standard InChI is InChI=1S/C52H32O2/c1-3-13-33(14-4-1)38-27-35-17-7-8-18-41(35)46(30-38)52-44-21-11-9-19-42(44)51(43-20-10-12-22-45(43)52)37-24-26-48-40(29-37)32-50(54-48)36-23-25-47-39(28-36)31-49(53-47)34-15-5-2-6-16-34/h1-32H. The second-order valence-corrected chi connectivity index (χ2v) is 14.0. The van der Waals surface area contributed by atoms with Gasteiger partial charge in [-0.05, 0) is 120 Å². The third-order valence-electron chi connectivity index (χ3n) is 10.8. The van der Waals surface area contributed by atoms with E-state index < -0.39 is 0 Å². The zero-order chi connectivity index (χ0) is 35.6. The smallest absolute Gasteiger partial charge is 0.135 e. The monoisotopic (exact) mass is 688 g/mol. The molecule has 0 saturated heterocycles. The van der Waals surface area contributed by atoms with Crippen LogP contribution in [0, 0.1) is 0 Å². The Hall–Kier alpha value is -7.16. The molecule has 9 aromatic carbocycles. The average molecular weight is 689 g/mol. The summed E-state index contributed by atoms with van der Waals surface area (Å²) in [6, 6.07) is 69.3. The molecule has 11 aromatic rings. The van der Waals surface area contributed by atoms with E-state index in [0.29, 0.717) is 0 Å². The van der Waals surface area contributed by atoms with Gasteiger partial charge in [-0.2, -0.15) is 0 Å². The molecule has 252 valence electrons. The number of hydrogen-bond donors (Lipinski definition) is 0. The number of rotatable bonds is 5. The van der Waals surface area contributed by atoms with E-state index in [2.05, 4.69) is 170 Å². The summed E-state index contributed by atoms with van der Waals surface area (Å²) in [7, 11) is 0. The van der Waals surface area contributed by atoms with Crippen molar-refractivity contribution >= 4 is 54.3 Å². The van der Waals surface area contributed by atoms with Crippen LogP contribution >= 0.6 is 0 Å². The third kappa shape index (κ3) is 4.96. The van der Waals surface area contributed by atoms with Crippen molar-refractivity contribution in [1.29, 1.82) is 0 Å². The molecule has 2 aromatic heterocycles. The first-order chi connectivity index (χ1) is 26.7. The van der Waals surface area contributed by atoms with Crippen molar-refractivity contribution in [1.82, 2.24) is 0 Å². The molecule has 0 fully saturated rings. The van der Waals surface area contributed by atoms with Gasteiger partial charge in [0.25, 0.3) is 0 Å². The van der Waals surface area contributed by atoms with Crippen molar-refractivity contribution in [2.24, 2.45) is 0 Å². The predicted octanol–water partition coefficient (Wildman–Crippen LogP) is 15.0. The maximum absolute atomic E-state index is 6.50. The van der Waals surface area contributed by atoms with Crippen LogP contribution in [-0.2, 0) is 0 Å². The van der Waals surface area contributed by atoms with E-state index in [9.17, 15) is 0 Å². The Kier molecular flexibility index (Phi) is 6.90. The zero-order valence-corrected chi connectivity index (χ0v) is 29.3. The summed E-state index contributed by atoms with van der Waals surface area (Å²) in [5.74, 6) is 1.70. The molecule has 0 radical (unpaired) electrons. The van der Waals surface area contributed by atoms with Crippen molar-refractivity contribution in [2.45, 2.75) is 0 Å². The van der Waals surface area contributed by atoms with Gasteiger partial charge in [0.2, 0.25) is 0 Å². The first-order valence-corrected chi connectivity index (χ1v) is 18.4. The molecule has 0 bridgehead atoms. The summed E-state index contributed by atoms with van der Waals surface area (Å²) in [6.07, 6.45) is 0. The molecule has 0 aliphatic carbocycles. The summed E-state index contributed by atoms with van der Waals surface area (Å²) in [4.78, 5) is 0. The maximum atomic E-state index is 6.50. The quantitative estimate of drug-likeness (QED) is 0.168. The lowest BCUT2D eigenvalue weighted by atomic mass is 9.83. The van der Waals surface area contributed by atoms with Crippen LogP contribution in [0.5, 0.6) is 0 Å². The molecule has 0 saturated carbocycles. The Bertz CT molecular complexity index is 3140. The summed E-state index contributed by atoms with van der Waals surface area (Å²) in [5.41, 5.74) is 11.1. The molecule has 0 aliphatic heterocycles. The van der Waals surface area contributed by atoms with E-state index in [0.717, 1.165) is 50.1 Å². The number of hydrogen-bond acceptors (Lipinski definition) is 2. The highest BCUT2D eigenvalue weighted by molar-refractivity contribution is 6.24. The number of fused-ring (bicyclic) bond motifs is 5. The lowest BCUT2D eigenvalue weighted by Gasteiger charge is -2.19. The molecule has 0 aliphatic rings. The lowest BCUT2D eigenvalue weighted by molar-refractivity contribution is 0.629. The van der Waals surface area contributed by atoms with Crippen LogP contribution in [0.4, 0.5) is 0 Å². The summed E-state index contributed by atoms with van der Waals surface area (Å²) < 4.78 is 12.7. The molecule has 54 heavy (non-hydrogen) atoms. The Labute approximate surface area is 312 Å². The fourth-order valence-electron chi connectivity index (χ4n) is 8.33. The van der Waals surface area contributed by atoms with Crippen LogP contribution in [0.1, 0.15) is 0 Å². The highest BCUT2D eigenvalue weighted by Crippen LogP contribution is 2.47. The number of benzene rings is 9. The zero-order valence-electron chi connectivity index (χ0n) is 29.3. The SMILES string of the molecule is c1ccc(-c2cc(-c3c4ccccc4c(-c4ccc5oc(-c6ccc7oc(-c8ccccc8)cc7c6)cc5c4)c4ccccc34)c3ccccc3c2)cc1. The average Bonchev–Trinajstić information content (AvgIpc) is 3.87. The molecule has 0 unspecified atom stereocenters. The Balaban J connectivity index is 1.08. The van der Waals surface area contributed by atoms with E-state index in [1.54, 1.807) is 0 Å². The van der Waals surface area contributed by atoms with Crippen molar-refractivity contribution in [2.75, 3.05) is 0 Å². The van der Waals surface area contributed by atoms with Crippen molar-refractivity contribution in [3.8, 4) is 56.0 Å². The topological polar surface area (TPSA) is 26.3 Å². The van der Waals surface area contributed by atoms with Gasteiger partial charge in [0.15, 0.2) is 0 Å². The van der Waals surface area contributed by atoms with Gasteiger partial charge in [-0.25, -0.2) is 0 Å². The Morgan fingerprint density at radius 3 is 1.35 bits per heavy atom. The highest BCUT2D eigenvalue weighted by atomic mass is 16.3. The van der Waals surface area contributed by atoms with Gasteiger partial charge >= 0.3 is 0 Å². The molecular formula is C52H32O2. The van der Waals surface area contributed by atoms with Gasteiger partial charge in [-0.1, -0.05) is 140 Å². The van der Waals surface area contributed by atoms with Gasteiger partial charge < -0.3 is 8.83 Å². The first kappa shape index (κ1) is 30.5. The minimum absolute atomic E-state index is 0.835. The van der Waals surface area contributed by atoms with Crippen LogP contribution in [-0.4, -0.2) is 0 Å².